The summed E-state index contributed by atoms with van der Waals surface area (Å²) in [6.45, 7) is 2.61. The summed E-state index contributed by atoms with van der Waals surface area (Å²) in [5, 5.41) is 23.6. The number of ether oxygens (including phenoxy) is 1. The smallest absolute Gasteiger partial charge is 0.411 e. The van der Waals surface area contributed by atoms with Gasteiger partial charge in [0.2, 0.25) is 0 Å². The molecule has 5 rings (SSSR count). The zero-order chi connectivity index (χ0) is 24.8. The summed E-state index contributed by atoms with van der Waals surface area (Å²) in [7, 11) is 0. The summed E-state index contributed by atoms with van der Waals surface area (Å²) in [5.74, 6) is 0.954. The Bertz CT molecular complexity index is 996. The largest absolute Gasteiger partial charge is 0.481 e. The Kier molecular flexibility index (Phi) is 6.26. The van der Waals surface area contributed by atoms with Crippen LogP contribution < -0.4 is 5.32 Å². The molecule has 0 spiro atoms. The maximum absolute atomic E-state index is 12.6. The van der Waals surface area contributed by atoms with Crippen LogP contribution in [0, 0.1) is 50.5 Å². The fraction of sp³-hybridized carbons (Fsp3) is 0.704. The number of nitro groups is 1. The van der Waals surface area contributed by atoms with E-state index in [9.17, 15) is 24.8 Å². The van der Waals surface area contributed by atoms with E-state index in [0.717, 1.165) is 25.2 Å². The van der Waals surface area contributed by atoms with Crippen LogP contribution in [0.2, 0.25) is 0 Å². The van der Waals surface area contributed by atoms with Crippen molar-refractivity contribution in [3.8, 4) is 0 Å². The molecule has 8 heteroatoms. The fourth-order valence-electron chi connectivity index (χ4n) is 8.78. The number of hydrogen-bond donors (Lipinski definition) is 2. The molecule has 0 radical (unpaired) electrons. The third kappa shape index (κ3) is 4.08. The quantitative estimate of drug-likeness (QED) is 0.376. The van der Waals surface area contributed by atoms with Crippen LogP contribution in [0.15, 0.2) is 24.3 Å². The standard InChI is InChI=1S/C27H36N2O6/c1-26-14-3-2-4-17(26)5-10-20-21(26)13-15-27(22(20)11-12-23(27)24(30)31)16-35-25(32)28-18-6-8-19(9-7-18)29(33)34/h6-9,17,20-23H,2-5,10-16H2,1H3,(H,28,32)(H,30,31)/t17?,20-,21+,22+,23?,26+,27-/m1/s1. The number of rotatable bonds is 5. The number of aliphatic carboxylic acids is 1. The first-order valence-electron chi connectivity index (χ1n) is 13.2. The highest BCUT2D eigenvalue weighted by Crippen LogP contribution is 2.67. The van der Waals surface area contributed by atoms with E-state index in [-0.39, 0.29) is 18.2 Å². The van der Waals surface area contributed by atoms with Gasteiger partial charge in [-0.1, -0.05) is 19.8 Å². The predicted octanol–water partition coefficient (Wildman–Crippen LogP) is 6.26. The minimum absolute atomic E-state index is 0.0564. The van der Waals surface area contributed by atoms with E-state index in [1.807, 2.05) is 0 Å². The number of hydrogen-bond acceptors (Lipinski definition) is 5. The second-order valence-corrected chi connectivity index (χ2v) is 11.6. The number of carbonyl (C=O) groups excluding carboxylic acids is 1. The molecule has 0 aromatic heterocycles. The molecule has 1 aromatic carbocycles. The van der Waals surface area contributed by atoms with Crippen LogP contribution in [0.5, 0.6) is 0 Å². The number of carboxylic acids is 1. The lowest BCUT2D eigenvalue weighted by molar-refractivity contribution is -0.384. The van der Waals surface area contributed by atoms with E-state index in [0.29, 0.717) is 29.4 Å². The molecule has 4 aliphatic rings. The van der Waals surface area contributed by atoms with Crippen LogP contribution in [-0.2, 0) is 9.53 Å². The maximum atomic E-state index is 12.6. The van der Waals surface area contributed by atoms with Crippen molar-refractivity contribution in [2.75, 3.05) is 11.9 Å². The minimum atomic E-state index is -0.775. The van der Waals surface area contributed by atoms with Crippen molar-refractivity contribution in [2.24, 2.45) is 40.4 Å². The number of nitrogens with one attached hydrogen (secondary N) is 1. The van der Waals surface area contributed by atoms with Crippen LogP contribution >= 0.6 is 0 Å². The molecular formula is C27H36N2O6. The molecule has 1 aromatic rings. The van der Waals surface area contributed by atoms with Crippen LogP contribution in [-0.4, -0.2) is 28.7 Å². The number of non-ortho nitro benzene ring substituents is 1. The number of nitrogens with zero attached hydrogens (tertiary/aromatic N) is 1. The first-order valence-corrected chi connectivity index (χ1v) is 13.2. The van der Waals surface area contributed by atoms with Gasteiger partial charge in [-0.2, -0.15) is 0 Å². The molecule has 1 amide bonds. The molecule has 4 fully saturated rings. The van der Waals surface area contributed by atoms with Crippen molar-refractivity contribution in [3.63, 3.8) is 0 Å². The molecule has 2 unspecified atom stereocenters. The Labute approximate surface area is 206 Å². The van der Waals surface area contributed by atoms with Crippen molar-refractivity contribution in [1.82, 2.24) is 0 Å². The van der Waals surface area contributed by atoms with Crippen LogP contribution in [0.25, 0.3) is 0 Å². The van der Waals surface area contributed by atoms with Gasteiger partial charge in [-0.15, -0.1) is 0 Å². The highest BCUT2D eigenvalue weighted by Gasteiger charge is 2.63. The number of carboxylic acid groups (broad SMARTS) is 1. The lowest BCUT2D eigenvalue weighted by atomic mass is 9.44. The van der Waals surface area contributed by atoms with Gasteiger partial charge in [0.1, 0.15) is 0 Å². The summed E-state index contributed by atoms with van der Waals surface area (Å²) in [4.78, 5) is 35.3. The van der Waals surface area contributed by atoms with Gasteiger partial charge in [-0.3, -0.25) is 20.2 Å². The highest BCUT2D eigenvalue weighted by molar-refractivity contribution is 5.84. The molecule has 0 aliphatic heterocycles. The summed E-state index contributed by atoms with van der Waals surface area (Å²) in [6, 6.07) is 5.58. The van der Waals surface area contributed by atoms with Crippen LogP contribution in [0.3, 0.4) is 0 Å². The van der Waals surface area contributed by atoms with E-state index in [4.69, 9.17) is 4.74 Å². The van der Waals surface area contributed by atoms with Gasteiger partial charge in [-0.05, 0) is 92.6 Å². The van der Waals surface area contributed by atoms with E-state index in [1.54, 1.807) is 0 Å². The maximum Gasteiger partial charge on any atom is 0.411 e. The lowest BCUT2D eigenvalue weighted by Crippen LogP contribution is -2.55. The summed E-state index contributed by atoms with van der Waals surface area (Å²) in [5.41, 5.74) is 0.197. The molecular weight excluding hydrogens is 448 g/mol. The van der Waals surface area contributed by atoms with Crippen molar-refractivity contribution in [2.45, 2.75) is 71.1 Å². The van der Waals surface area contributed by atoms with E-state index < -0.39 is 28.3 Å². The van der Waals surface area contributed by atoms with Crippen molar-refractivity contribution in [3.05, 3.63) is 34.4 Å². The second-order valence-electron chi connectivity index (χ2n) is 11.6. The molecule has 0 bridgehead atoms. The normalized spacial score (nSPS) is 37.9. The lowest BCUT2D eigenvalue weighted by Gasteiger charge is -2.60. The zero-order valence-electron chi connectivity index (χ0n) is 20.4. The highest BCUT2D eigenvalue weighted by atomic mass is 16.6. The van der Waals surface area contributed by atoms with Gasteiger partial charge in [0.15, 0.2) is 0 Å². The Morgan fingerprint density at radius 3 is 2.54 bits per heavy atom. The number of benzene rings is 1. The molecule has 0 heterocycles. The number of anilines is 1. The van der Waals surface area contributed by atoms with Gasteiger partial charge in [0, 0.05) is 23.2 Å². The Morgan fingerprint density at radius 1 is 1.06 bits per heavy atom. The van der Waals surface area contributed by atoms with E-state index in [1.165, 1.54) is 62.8 Å². The van der Waals surface area contributed by atoms with Crippen LogP contribution in [0.4, 0.5) is 16.2 Å². The van der Waals surface area contributed by atoms with Gasteiger partial charge < -0.3 is 9.84 Å². The van der Waals surface area contributed by atoms with Crippen LogP contribution in [0.1, 0.15) is 71.1 Å². The zero-order valence-corrected chi connectivity index (χ0v) is 20.4. The van der Waals surface area contributed by atoms with E-state index in [2.05, 4.69) is 12.2 Å². The van der Waals surface area contributed by atoms with Gasteiger partial charge in [-0.25, -0.2) is 4.79 Å². The minimum Gasteiger partial charge on any atom is -0.481 e. The average Bonchev–Trinajstić information content (AvgIpc) is 3.23. The third-order valence-electron chi connectivity index (χ3n) is 10.4. The Balaban J connectivity index is 1.32. The molecule has 4 aliphatic carbocycles. The number of amides is 1. The molecule has 4 saturated carbocycles. The van der Waals surface area contributed by atoms with Gasteiger partial charge in [0.25, 0.3) is 5.69 Å². The van der Waals surface area contributed by atoms with Crippen molar-refractivity contribution < 1.29 is 24.4 Å². The summed E-state index contributed by atoms with van der Waals surface area (Å²) >= 11 is 0. The number of fused-ring (bicyclic) bond motifs is 5. The van der Waals surface area contributed by atoms with Gasteiger partial charge in [0.05, 0.1) is 17.4 Å². The molecule has 2 N–H and O–H groups in total. The number of nitro benzene ring substituents is 1. The topological polar surface area (TPSA) is 119 Å². The fourth-order valence-corrected chi connectivity index (χ4v) is 8.78. The van der Waals surface area contributed by atoms with Crippen molar-refractivity contribution >= 4 is 23.4 Å². The average molecular weight is 485 g/mol. The first-order chi connectivity index (χ1) is 16.7. The molecule has 7 atom stereocenters. The Hall–Kier alpha value is -2.64. The number of carbonyl (C=O) groups is 2. The summed E-state index contributed by atoms with van der Waals surface area (Å²) < 4.78 is 5.71. The summed E-state index contributed by atoms with van der Waals surface area (Å²) in [6.07, 6.45) is 10.4. The Morgan fingerprint density at radius 2 is 1.83 bits per heavy atom. The monoisotopic (exact) mass is 484 g/mol. The SMILES string of the molecule is C[C@]12CCCCC1CC[C@H]1[C@@H]3CCC(C(=O)O)[C@@]3(COC(=O)Nc3ccc([N+](=O)[O-])cc3)CC[C@@H]12. The molecule has 0 saturated heterocycles. The molecule has 8 nitrogen and oxygen atoms in total. The van der Waals surface area contributed by atoms with Crippen molar-refractivity contribution in [1.29, 1.82) is 0 Å². The second kappa shape index (κ2) is 9.10. The third-order valence-corrected chi connectivity index (χ3v) is 10.4. The van der Waals surface area contributed by atoms with E-state index >= 15 is 0 Å². The molecule has 190 valence electrons. The molecule has 35 heavy (non-hydrogen) atoms. The predicted molar refractivity (Wildman–Crippen MR) is 130 cm³/mol. The first kappa shape index (κ1) is 24.1. The van der Waals surface area contributed by atoms with Gasteiger partial charge >= 0.3 is 12.1 Å².